The topological polar surface area (TPSA) is 92.8 Å². The van der Waals surface area contributed by atoms with E-state index in [4.69, 9.17) is 5.73 Å². The van der Waals surface area contributed by atoms with Gasteiger partial charge in [-0.25, -0.2) is 0 Å². The van der Waals surface area contributed by atoms with Gasteiger partial charge in [0.2, 0.25) is 0 Å². The summed E-state index contributed by atoms with van der Waals surface area (Å²) in [5, 5.41) is 11.6. The predicted octanol–water partition coefficient (Wildman–Crippen LogP) is 2.05. The summed E-state index contributed by atoms with van der Waals surface area (Å²) in [7, 11) is 1.91. The van der Waals surface area contributed by atoms with Crippen molar-refractivity contribution >= 4 is 18.3 Å². The molecule has 7 nitrogen and oxygen atoms in total. The smallest absolute Gasteiger partial charge is 0.271 e. The summed E-state index contributed by atoms with van der Waals surface area (Å²) >= 11 is 0. The summed E-state index contributed by atoms with van der Waals surface area (Å²) in [5.41, 5.74) is 10.2. The molecule has 3 N–H and O–H groups in total. The normalized spacial score (nSPS) is 16.6. The number of likely N-dealkylation sites (tertiary alicyclic amines) is 1. The summed E-state index contributed by atoms with van der Waals surface area (Å²) in [4.78, 5) is 14.6. The zero-order valence-corrected chi connectivity index (χ0v) is 16.1. The van der Waals surface area contributed by atoms with Crippen LogP contribution in [0, 0.1) is 19.8 Å². The molecule has 1 aliphatic rings. The van der Waals surface area contributed by atoms with E-state index >= 15 is 0 Å². The van der Waals surface area contributed by atoms with Gasteiger partial charge in [-0.05, 0) is 45.6 Å². The summed E-state index contributed by atoms with van der Waals surface area (Å²) in [6, 6.07) is 2.02. The molecule has 1 unspecified atom stereocenters. The van der Waals surface area contributed by atoms with Crippen molar-refractivity contribution in [3.63, 3.8) is 0 Å². The molecule has 138 valence electrons. The molecule has 1 fully saturated rings. The summed E-state index contributed by atoms with van der Waals surface area (Å²) in [6.45, 7) is 7.51. The van der Waals surface area contributed by atoms with Gasteiger partial charge >= 0.3 is 0 Å². The van der Waals surface area contributed by atoms with Gasteiger partial charge in [-0.2, -0.15) is 10.2 Å². The summed E-state index contributed by atoms with van der Waals surface area (Å²) in [5.74, 6) is 0.517. The number of nitrogens with one attached hydrogen (secondary N) is 1. The zero-order valence-electron chi connectivity index (χ0n) is 15.2. The van der Waals surface area contributed by atoms with Crippen molar-refractivity contribution in [3.05, 3.63) is 23.1 Å². The standard InChI is InChI=1S/C17H26N6O.ClH/c1-10(18)13-5-7-23(8-6-13)17(24)15-9-14(19-20-15)16-11(2)21-22(4)12(16)3;/h9-10,13H,5-8,18H2,1-4H3,(H,19,20);1H. The molecule has 0 aromatic carbocycles. The van der Waals surface area contributed by atoms with Crippen LogP contribution in [0.5, 0.6) is 0 Å². The number of carbonyl (C=O) groups is 1. The van der Waals surface area contributed by atoms with Crippen molar-refractivity contribution < 1.29 is 4.79 Å². The Hall–Kier alpha value is -1.86. The van der Waals surface area contributed by atoms with Crippen molar-refractivity contribution in [2.75, 3.05) is 13.1 Å². The molecule has 1 atom stereocenters. The number of hydrogen-bond acceptors (Lipinski definition) is 4. The van der Waals surface area contributed by atoms with Crippen LogP contribution in [-0.2, 0) is 7.05 Å². The number of rotatable bonds is 3. The summed E-state index contributed by atoms with van der Waals surface area (Å²) < 4.78 is 1.83. The number of carbonyl (C=O) groups excluding carboxylic acids is 1. The Labute approximate surface area is 154 Å². The maximum Gasteiger partial charge on any atom is 0.271 e. The molecule has 1 aliphatic heterocycles. The fraction of sp³-hybridized carbons (Fsp3) is 0.588. The third kappa shape index (κ3) is 3.72. The Balaban J connectivity index is 0.00000225. The maximum atomic E-state index is 12.7. The van der Waals surface area contributed by atoms with Gasteiger partial charge in [-0.3, -0.25) is 14.6 Å². The number of hydrogen-bond donors (Lipinski definition) is 2. The zero-order chi connectivity index (χ0) is 17.4. The fourth-order valence-corrected chi connectivity index (χ4v) is 3.50. The van der Waals surface area contributed by atoms with E-state index in [1.807, 2.05) is 43.5 Å². The minimum Gasteiger partial charge on any atom is -0.337 e. The van der Waals surface area contributed by atoms with Crippen molar-refractivity contribution in [1.29, 1.82) is 0 Å². The molecule has 0 aliphatic carbocycles. The number of aromatic nitrogens is 4. The van der Waals surface area contributed by atoms with Gasteiger partial charge in [0.25, 0.3) is 5.91 Å². The Morgan fingerprint density at radius 3 is 2.52 bits per heavy atom. The highest BCUT2D eigenvalue weighted by Gasteiger charge is 2.27. The van der Waals surface area contributed by atoms with Crippen LogP contribution < -0.4 is 5.73 Å². The molecular formula is C17H27ClN6O. The Morgan fingerprint density at radius 1 is 1.36 bits per heavy atom. The number of halogens is 1. The van der Waals surface area contributed by atoms with Crippen molar-refractivity contribution in [2.24, 2.45) is 18.7 Å². The van der Waals surface area contributed by atoms with E-state index in [-0.39, 0.29) is 24.4 Å². The third-order valence-electron chi connectivity index (χ3n) is 5.14. The van der Waals surface area contributed by atoms with Gasteiger partial charge in [-0.1, -0.05) is 0 Å². The Bertz CT molecular complexity index is 742. The fourth-order valence-electron chi connectivity index (χ4n) is 3.50. The monoisotopic (exact) mass is 366 g/mol. The lowest BCUT2D eigenvalue weighted by molar-refractivity contribution is 0.0675. The largest absolute Gasteiger partial charge is 0.337 e. The molecule has 0 spiro atoms. The third-order valence-corrected chi connectivity index (χ3v) is 5.14. The van der Waals surface area contributed by atoms with E-state index in [2.05, 4.69) is 15.3 Å². The first-order valence-corrected chi connectivity index (χ1v) is 8.49. The second kappa shape index (κ2) is 7.58. The molecule has 0 radical (unpaired) electrons. The highest BCUT2D eigenvalue weighted by atomic mass is 35.5. The van der Waals surface area contributed by atoms with Crippen LogP contribution in [0.15, 0.2) is 6.07 Å². The molecule has 2 aromatic rings. The van der Waals surface area contributed by atoms with Crippen LogP contribution >= 0.6 is 12.4 Å². The van der Waals surface area contributed by atoms with Crippen molar-refractivity contribution in [3.8, 4) is 11.3 Å². The lowest BCUT2D eigenvalue weighted by Crippen LogP contribution is -2.42. The SMILES string of the molecule is Cc1nn(C)c(C)c1-c1cc(C(=O)N2CCC(C(C)N)CC2)[nH]n1.Cl. The van der Waals surface area contributed by atoms with Crippen LogP contribution in [0.2, 0.25) is 0 Å². The van der Waals surface area contributed by atoms with Crippen LogP contribution in [0.3, 0.4) is 0 Å². The van der Waals surface area contributed by atoms with E-state index < -0.39 is 0 Å². The van der Waals surface area contributed by atoms with Crippen molar-refractivity contribution in [2.45, 2.75) is 39.7 Å². The van der Waals surface area contributed by atoms with E-state index in [0.29, 0.717) is 11.6 Å². The van der Waals surface area contributed by atoms with Crippen LogP contribution in [0.1, 0.15) is 41.6 Å². The van der Waals surface area contributed by atoms with E-state index in [9.17, 15) is 4.79 Å². The second-order valence-electron chi connectivity index (χ2n) is 6.83. The first-order valence-electron chi connectivity index (χ1n) is 8.49. The number of aromatic amines is 1. The number of piperidine rings is 1. The second-order valence-corrected chi connectivity index (χ2v) is 6.83. The molecular weight excluding hydrogens is 340 g/mol. The predicted molar refractivity (Wildman–Crippen MR) is 99.8 cm³/mol. The number of aryl methyl sites for hydroxylation is 2. The Morgan fingerprint density at radius 2 is 2.00 bits per heavy atom. The van der Waals surface area contributed by atoms with E-state index in [0.717, 1.165) is 48.6 Å². The molecule has 3 rings (SSSR count). The van der Waals surface area contributed by atoms with Gasteiger partial charge in [-0.15, -0.1) is 12.4 Å². The first-order chi connectivity index (χ1) is 11.4. The van der Waals surface area contributed by atoms with Gasteiger partial charge in [0.15, 0.2) is 0 Å². The molecule has 2 aromatic heterocycles. The minimum atomic E-state index is 0. The average molecular weight is 367 g/mol. The van der Waals surface area contributed by atoms with Crippen LogP contribution in [-0.4, -0.2) is 49.9 Å². The molecule has 3 heterocycles. The number of nitrogens with zero attached hydrogens (tertiary/aromatic N) is 4. The number of H-pyrrole nitrogens is 1. The van der Waals surface area contributed by atoms with Crippen LogP contribution in [0.4, 0.5) is 0 Å². The molecule has 1 amide bonds. The maximum absolute atomic E-state index is 12.7. The quantitative estimate of drug-likeness (QED) is 0.869. The molecule has 0 bridgehead atoms. The lowest BCUT2D eigenvalue weighted by Gasteiger charge is -2.33. The van der Waals surface area contributed by atoms with Gasteiger partial charge < -0.3 is 10.6 Å². The summed E-state index contributed by atoms with van der Waals surface area (Å²) in [6.07, 6.45) is 1.93. The van der Waals surface area contributed by atoms with E-state index in [1.165, 1.54) is 0 Å². The van der Waals surface area contributed by atoms with Gasteiger partial charge in [0.05, 0.1) is 11.4 Å². The number of nitrogens with two attached hydrogens (primary N) is 1. The first kappa shape index (κ1) is 19.5. The molecule has 25 heavy (non-hydrogen) atoms. The lowest BCUT2D eigenvalue weighted by atomic mass is 9.91. The van der Waals surface area contributed by atoms with Crippen LogP contribution in [0.25, 0.3) is 11.3 Å². The average Bonchev–Trinajstić information content (AvgIpc) is 3.12. The molecule has 0 saturated carbocycles. The van der Waals surface area contributed by atoms with Crippen molar-refractivity contribution in [1.82, 2.24) is 24.9 Å². The molecule has 8 heteroatoms. The Kier molecular flexibility index (Phi) is 5.90. The highest BCUT2D eigenvalue weighted by molar-refractivity contribution is 5.93. The minimum absolute atomic E-state index is 0. The van der Waals surface area contributed by atoms with Gasteiger partial charge in [0, 0.05) is 37.4 Å². The molecule has 1 saturated heterocycles. The van der Waals surface area contributed by atoms with Gasteiger partial charge in [0.1, 0.15) is 5.69 Å². The highest BCUT2D eigenvalue weighted by Crippen LogP contribution is 2.26. The van der Waals surface area contributed by atoms with E-state index in [1.54, 1.807) is 0 Å². The number of amides is 1.